The summed E-state index contributed by atoms with van der Waals surface area (Å²) in [6.45, 7) is 7.36. The second kappa shape index (κ2) is 7.47. The van der Waals surface area contributed by atoms with Crippen LogP contribution in [0, 0.1) is 0 Å². The highest BCUT2D eigenvalue weighted by Gasteiger charge is 2.16. The van der Waals surface area contributed by atoms with Crippen molar-refractivity contribution in [2.75, 3.05) is 23.8 Å². The van der Waals surface area contributed by atoms with Crippen LogP contribution in [-0.2, 0) is 18.4 Å². The molecule has 0 radical (unpaired) electrons. The molecule has 0 saturated heterocycles. The lowest BCUT2D eigenvalue weighted by Crippen LogP contribution is -2.31. The third-order valence-electron chi connectivity index (χ3n) is 4.93. The zero-order valence-electron chi connectivity index (χ0n) is 16.5. The normalized spacial score (nSPS) is 13.9. The Labute approximate surface area is 160 Å². The summed E-state index contributed by atoms with van der Waals surface area (Å²) in [5, 5.41) is 5.61. The zero-order valence-corrected chi connectivity index (χ0v) is 16.5. The highest BCUT2D eigenvalue weighted by atomic mass is 16.2. The Morgan fingerprint density at radius 3 is 2.70 bits per heavy atom. The first-order valence-corrected chi connectivity index (χ1v) is 9.35. The number of aromatic amines is 1. The van der Waals surface area contributed by atoms with Gasteiger partial charge in [0.25, 0.3) is 5.56 Å². The number of aromatic nitrogens is 1. The summed E-state index contributed by atoms with van der Waals surface area (Å²) >= 11 is 0. The van der Waals surface area contributed by atoms with Crippen LogP contribution in [0.5, 0.6) is 0 Å². The Balaban J connectivity index is 1.61. The summed E-state index contributed by atoms with van der Waals surface area (Å²) in [6, 6.07) is 9.32. The number of carbonyl (C=O) groups excluding carboxylic acids is 1. The molecule has 0 bridgehead atoms. The predicted molar refractivity (Wildman–Crippen MR) is 110 cm³/mol. The molecule has 3 N–H and O–H groups in total. The van der Waals surface area contributed by atoms with E-state index in [1.54, 1.807) is 6.07 Å². The van der Waals surface area contributed by atoms with Gasteiger partial charge >= 0.3 is 6.03 Å². The van der Waals surface area contributed by atoms with Crippen LogP contribution in [0.15, 0.2) is 35.1 Å². The number of benzene rings is 1. The first kappa shape index (κ1) is 19.0. The number of nitrogens with one attached hydrogen (secondary N) is 3. The van der Waals surface area contributed by atoms with Gasteiger partial charge in [-0.15, -0.1) is 0 Å². The predicted octanol–water partition coefficient (Wildman–Crippen LogP) is 3.38. The molecule has 1 aromatic heterocycles. The number of fused-ring (bicyclic) bond motifs is 1. The molecule has 2 aromatic rings. The number of hydrogen-bond acceptors (Lipinski definition) is 3. The summed E-state index contributed by atoms with van der Waals surface area (Å²) in [4.78, 5) is 29.6. The maximum atomic E-state index is 12.2. The minimum atomic E-state index is -0.321. The number of carbonyl (C=O) groups is 1. The maximum Gasteiger partial charge on any atom is 0.319 e. The van der Waals surface area contributed by atoms with Crippen molar-refractivity contribution in [2.24, 2.45) is 0 Å². The van der Waals surface area contributed by atoms with Crippen molar-refractivity contribution in [3.05, 3.63) is 57.5 Å². The van der Waals surface area contributed by atoms with E-state index in [0.29, 0.717) is 5.56 Å². The molecule has 0 unspecified atom stereocenters. The molecule has 2 heterocycles. The van der Waals surface area contributed by atoms with Crippen LogP contribution in [0.3, 0.4) is 0 Å². The van der Waals surface area contributed by atoms with Crippen LogP contribution >= 0.6 is 0 Å². The number of aryl methyl sites for hydroxylation is 1. The average molecular weight is 368 g/mol. The zero-order chi connectivity index (χ0) is 19.6. The Morgan fingerprint density at radius 2 is 2.00 bits per heavy atom. The summed E-state index contributed by atoms with van der Waals surface area (Å²) < 4.78 is 0. The monoisotopic (exact) mass is 368 g/mol. The number of anilines is 2. The summed E-state index contributed by atoms with van der Waals surface area (Å²) in [6.07, 6.45) is 2.14. The van der Waals surface area contributed by atoms with Gasteiger partial charge in [0.2, 0.25) is 0 Å². The van der Waals surface area contributed by atoms with E-state index in [4.69, 9.17) is 0 Å². The van der Waals surface area contributed by atoms with Gasteiger partial charge in [-0.25, -0.2) is 4.79 Å². The van der Waals surface area contributed by atoms with Gasteiger partial charge in [0.05, 0.1) is 0 Å². The van der Waals surface area contributed by atoms with Crippen molar-refractivity contribution in [1.82, 2.24) is 10.3 Å². The van der Waals surface area contributed by atoms with Crippen LogP contribution in [0.4, 0.5) is 16.2 Å². The lowest BCUT2D eigenvalue weighted by Gasteiger charge is -2.27. The third-order valence-corrected chi connectivity index (χ3v) is 4.93. The maximum absolute atomic E-state index is 12.2. The van der Waals surface area contributed by atoms with E-state index in [9.17, 15) is 9.59 Å². The van der Waals surface area contributed by atoms with Crippen molar-refractivity contribution in [3.8, 4) is 0 Å². The van der Waals surface area contributed by atoms with E-state index >= 15 is 0 Å². The number of amides is 2. The summed E-state index contributed by atoms with van der Waals surface area (Å²) in [5.41, 5.74) is 4.35. The van der Waals surface area contributed by atoms with Gasteiger partial charge in [0, 0.05) is 48.2 Å². The fourth-order valence-electron chi connectivity index (χ4n) is 3.29. The van der Waals surface area contributed by atoms with Crippen molar-refractivity contribution in [1.29, 1.82) is 0 Å². The van der Waals surface area contributed by atoms with Crippen LogP contribution < -0.4 is 21.1 Å². The SMILES string of the molecule is CN1CCCc2cc(NC(=O)NCc3ccc(C(C)(C)C)[nH]c3=O)ccc21. The molecule has 144 valence electrons. The quantitative estimate of drug-likeness (QED) is 0.777. The second-order valence-corrected chi connectivity index (χ2v) is 8.15. The fourth-order valence-corrected chi connectivity index (χ4v) is 3.29. The molecular weight excluding hydrogens is 340 g/mol. The van der Waals surface area contributed by atoms with E-state index in [0.717, 1.165) is 30.8 Å². The standard InChI is InChI=1S/C21H28N4O2/c1-21(2,3)18-10-7-15(19(26)24-18)13-22-20(27)23-16-8-9-17-14(12-16)6-5-11-25(17)4/h7-10,12H,5-6,11,13H2,1-4H3,(H,24,26)(H2,22,23,27). The van der Waals surface area contributed by atoms with Gasteiger partial charge in [0.15, 0.2) is 0 Å². The third kappa shape index (κ3) is 4.51. The molecule has 0 aliphatic carbocycles. The van der Waals surface area contributed by atoms with Gasteiger partial charge in [-0.2, -0.15) is 0 Å². The van der Waals surface area contributed by atoms with Gasteiger partial charge in [-0.1, -0.05) is 20.8 Å². The van der Waals surface area contributed by atoms with E-state index in [1.807, 2.05) is 45.0 Å². The topological polar surface area (TPSA) is 77.2 Å². The summed E-state index contributed by atoms with van der Waals surface area (Å²) in [7, 11) is 2.08. The van der Waals surface area contributed by atoms with Crippen LogP contribution in [-0.4, -0.2) is 24.6 Å². The highest BCUT2D eigenvalue weighted by molar-refractivity contribution is 5.89. The summed E-state index contributed by atoms with van der Waals surface area (Å²) in [5.74, 6) is 0. The van der Waals surface area contributed by atoms with Crippen molar-refractivity contribution >= 4 is 17.4 Å². The van der Waals surface area contributed by atoms with Crippen molar-refractivity contribution in [2.45, 2.75) is 45.6 Å². The van der Waals surface area contributed by atoms with E-state index < -0.39 is 0 Å². The Kier molecular flexibility index (Phi) is 5.26. The smallest absolute Gasteiger partial charge is 0.319 e. The minimum absolute atomic E-state index is 0.122. The van der Waals surface area contributed by atoms with Crippen LogP contribution in [0.2, 0.25) is 0 Å². The van der Waals surface area contributed by atoms with Gasteiger partial charge < -0.3 is 20.5 Å². The Hall–Kier alpha value is -2.76. The molecule has 27 heavy (non-hydrogen) atoms. The number of nitrogens with zero attached hydrogens (tertiary/aromatic N) is 1. The van der Waals surface area contributed by atoms with Crippen molar-refractivity contribution < 1.29 is 4.79 Å². The molecule has 1 aliphatic heterocycles. The Morgan fingerprint density at radius 1 is 1.22 bits per heavy atom. The van der Waals surface area contributed by atoms with E-state index in [1.165, 1.54) is 11.3 Å². The number of rotatable bonds is 3. The van der Waals surface area contributed by atoms with Crippen LogP contribution in [0.25, 0.3) is 0 Å². The molecule has 1 aliphatic rings. The number of pyridine rings is 1. The van der Waals surface area contributed by atoms with E-state index in [2.05, 4.69) is 27.6 Å². The molecule has 1 aromatic carbocycles. The highest BCUT2D eigenvalue weighted by Crippen LogP contribution is 2.28. The molecule has 0 saturated carbocycles. The molecule has 0 atom stereocenters. The van der Waals surface area contributed by atoms with Gasteiger partial charge in [0.1, 0.15) is 0 Å². The molecule has 6 nitrogen and oxygen atoms in total. The van der Waals surface area contributed by atoms with Crippen molar-refractivity contribution in [3.63, 3.8) is 0 Å². The van der Waals surface area contributed by atoms with Crippen LogP contribution in [0.1, 0.15) is 44.0 Å². The molecule has 6 heteroatoms. The van der Waals surface area contributed by atoms with E-state index in [-0.39, 0.29) is 23.6 Å². The average Bonchev–Trinajstić information content (AvgIpc) is 2.60. The molecule has 0 fully saturated rings. The number of H-pyrrole nitrogens is 1. The molecule has 3 rings (SSSR count). The lowest BCUT2D eigenvalue weighted by atomic mass is 9.91. The fraction of sp³-hybridized carbons (Fsp3) is 0.429. The first-order valence-electron chi connectivity index (χ1n) is 9.35. The number of hydrogen-bond donors (Lipinski definition) is 3. The molecule has 2 amide bonds. The largest absolute Gasteiger partial charge is 0.374 e. The minimum Gasteiger partial charge on any atom is -0.374 e. The molecular formula is C21H28N4O2. The Bertz CT molecular complexity index is 896. The lowest BCUT2D eigenvalue weighted by molar-refractivity contribution is 0.251. The molecule has 0 spiro atoms. The second-order valence-electron chi connectivity index (χ2n) is 8.15. The first-order chi connectivity index (χ1) is 12.7. The number of urea groups is 1. The van der Waals surface area contributed by atoms with Gasteiger partial charge in [-0.3, -0.25) is 4.79 Å². The van der Waals surface area contributed by atoms with Gasteiger partial charge in [-0.05, 0) is 48.7 Å².